The molecule has 0 saturated carbocycles. The second kappa shape index (κ2) is 11.8. The van der Waals surface area contributed by atoms with Gasteiger partial charge >= 0.3 is 0 Å². The summed E-state index contributed by atoms with van der Waals surface area (Å²) in [5, 5.41) is 27.1. The number of fused-ring (bicyclic) bond motifs is 9. The molecule has 5 heteroatoms. The number of rotatable bonds is 4. The van der Waals surface area contributed by atoms with E-state index in [0.29, 0.717) is 11.1 Å². The topological polar surface area (TPSA) is 62.4 Å². The zero-order valence-electron chi connectivity index (χ0n) is 29.5. The van der Waals surface area contributed by atoms with Crippen LogP contribution in [0, 0.1) is 22.7 Å². The summed E-state index contributed by atoms with van der Waals surface area (Å²) >= 11 is 0. The summed E-state index contributed by atoms with van der Waals surface area (Å²) in [7, 11) is 0. The first-order chi connectivity index (χ1) is 27.2. The largest absolute Gasteiger partial charge is 0.309 e. The fourth-order valence-corrected chi connectivity index (χ4v) is 8.78. The van der Waals surface area contributed by atoms with Gasteiger partial charge in [-0.15, -0.1) is 0 Å². The number of hydrogen-bond acceptors (Lipinski definition) is 2. The van der Waals surface area contributed by atoms with E-state index in [2.05, 4.69) is 159 Å². The molecule has 0 spiro atoms. The van der Waals surface area contributed by atoms with Crippen LogP contribution in [-0.4, -0.2) is 13.7 Å². The summed E-state index contributed by atoms with van der Waals surface area (Å²) in [5.41, 5.74) is 12.6. The van der Waals surface area contributed by atoms with Gasteiger partial charge in [-0.1, -0.05) is 97.1 Å². The minimum atomic E-state index is 0.573. The van der Waals surface area contributed by atoms with Gasteiger partial charge in [-0.3, -0.25) is 0 Å². The van der Waals surface area contributed by atoms with Gasteiger partial charge in [0.15, 0.2) is 0 Å². The Morgan fingerprint density at radius 2 is 0.836 bits per heavy atom. The van der Waals surface area contributed by atoms with Gasteiger partial charge in [0.1, 0.15) is 6.07 Å². The molecule has 11 aromatic rings. The van der Waals surface area contributed by atoms with Crippen LogP contribution >= 0.6 is 0 Å². The third-order valence-electron chi connectivity index (χ3n) is 11.1. The lowest BCUT2D eigenvalue weighted by Gasteiger charge is -2.17. The lowest BCUT2D eigenvalue weighted by molar-refractivity contribution is 1.16. The highest BCUT2D eigenvalue weighted by Crippen LogP contribution is 2.41. The summed E-state index contributed by atoms with van der Waals surface area (Å²) in [4.78, 5) is 0. The van der Waals surface area contributed by atoms with Crippen LogP contribution in [0.1, 0.15) is 11.1 Å². The Kier molecular flexibility index (Phi) is 6.61. The molecule has 11 rings (SSSR count). The molecule has 0 aliphatic rings. The van der Waals surface area contributed by atoms with Crippen molar-refractivity contribution in [2.24, 2.45) is 0 Å². The van der Waals surface area contributed by atoms with E-state index in [4.69, 9.17) is 0 Å². The molecule has 55 heavy (non-hydrogen) atoms. The predicted molar refractivity (Wildman–Crippen MR) is 224 cm³/mol. The zero-order valence-corrected chi connectivity index (χ0v) is 29.5. The third-order valence-corrected chi connectivity index (χ3v) is 11.1. The van der Waals surface area contributed by atoms with Crippen molar-refractivity contribution in [3.63, 3.8) is 0 Å². The van der Waals surface area contributed by atoms with Gasteiger partial charge in [-0.2, -0.15) is 10.5 Å². The summed E-state index contributed by atoms with van der Waals surface area (Å²) in [6.07, 6.45) is 0. The van der Waals surface area contributed by atoms with Crippen LogP contribution in [-0.2, 0) is 0 Å². The van der Waals surface area contributed by atoms with Crippen LogP contribution in [0.4, 0.5) is 0 Å². The van der Waals surface area contributed by atoms with Crippen molar-refractivity contribution in [2.45, 2.75) is 0 Å². The third kappa shape index (κ3) is 4.45. The summed E-state index contributed by atoms with van der Waals surface area (Å²) in [5.74, 6) is 0. The molecule has 0 N–H and O–H groups in total. The van der Waals surface area contributed by atoms with Crippen molar-refractivity contribution in [1.29, 1.82) is 10.5 Å². The van der Waals surface area contributed by atoms with Gasteiger partial charge in [0.2, 0.25) is 0 Å². The van der Waals surface area contributed by atoms with E-state index in [1.54, 1.807) is 0 Å². The molecule has 0 aliphatic heterocycles. The minimum Gasteiger partial charge on any atom is -0.309 e. The molecule has 5 nitrogen and oxygen atoms in total. The number of benzene rings is 8. The van der Waals surface area contributed by atoms with E-state index in [0.717, 1.165) is 61.0 Å². The van der Waals surface area contributed by atoms with Gasteiger partial charge in [-0.25, -0.2) is 0 Å². The Morgan fingerprint density at radius 3 is 1.45 bits per heavy atom. The van der Waals surface area contributed by atoms with Crippen LogP contribution in [0.5, 0.6) is 0 Å². The van der Waals surface area contributed by atoms with Gasteiger partial charge in [0.05, 0.1) is 56.0 Å². The Bertz CT molecular complexity index is 3420. The van der Waals surface area contributed by atoms with Crippen molar-refractivity contribution in [2.75, 3.05) is 0 Å². The maximum atomic E-state index is 10.6. The molecule has 0 atom stereocenters. The van der Waals surface area contributed by atoms with E-state index in [1.165, 1.54) is 32.6 Å². The number of aromatic nitrogens is 3. The fraction of sp³-hybridized carbons (Fsp3) is 0. The van der Waals surface area contributed by atoms with Crippen molar-refractivity contribution >= 4 is 65.4 Å². The molecular formula is C50H29N5. The molecule has 3 heterocycles. The molecule has 0 aliphatic carbocycles. The minimum absolute atomic E-state index is 0.573. The summed E-state index contributed by atoms with van der Waals surface area (Å²) in [6.45, 7) is 0. The van der Waals surface area contributed by atoms with E-state index in [-0.39, 0.29) is 0 Å². The maximum Gasteiger partial charge on any atom is 0.101 e. The molecule has 0 bridgehead atoms. The maximum absolute atomic E-state index is 10.6. The summed E-state index contributed by atoms with van der Waals surface area (Å²) in [6, 6.07) is 66.0. The van der Waals surface area contributed by atoms with Crippen LogP contribution in [0.15, 0.2) is 176 Å². The van der Waals surface area contributed by atoms with E-state index in [1.807, 2.05) is 42.5 Å². The smallest absolute Gasteiger partial charge is 0.101 e. The number of nitrogens with zero attached hydrogens (tertiary/aromatic N) is 5. The first-order valence-electron chi connectivity index (χ1n) is 18.3. The molecule has 0 amide bonds. The molecule has 3 aromatic heterocycles. The lowest BCUT2D eigenvalue weighted by Crippen LogP contribution is -2.01. The number of nitriles is 2. The molecular weight excluding hydrogens is 671 g/mol. The van der Waals surface area contributed by atoms with E-state index < -0.39 is 0 Å². The van der Waals surface area contributed by atoms with Crippen molar-refractivity contribution < 1.29 is 0 Å². The molecule has 254 valence electrons. The van der Waals surface area contributed by atoms with Gasteiger partial charge in [-0.05, 0) is 84.4 Å². The molecule has 8 aromatic carbocycles. The summed E-state index contributed by atoms with van der Waals surface area (Å²) < 4.78 is 6.90. The van der Waals surface area contributed by atoms with Crippen LogP contribution < -0.4 is 0 Å². The quantitative estimate of drug-likeness (QED) is 0.184. The average molecular weight is 700 g/mol. The normalized spacial score (nSPS) is 11.6. The van der Waals surface area contributed by atoms with Crippen LogP contribution in [0.3, 0.4) is 0 Å². The highest BCUT2D eigenvalue weighted by Gasteiger charge is 2.21. The first kappa shape index (κ1) is 30.7. The Morgan fingerprint density at radius 1 is 0.345 bits per heavy atom. The van der Waals surface area contributed by atoms with Crippen LogP contribution in [0.2, 0.25) is 0 Å². The highest BCUT2D eigenvalue weighted by molar-refractivity contribution is 6.13. The average Bonchev–Trinajstić information content (AvgIpc) is 3.88. The van der Waals surface area contributed by atoms with Gasteiger partial charge < -0.3 is 13.7 Å². The SMILES string of the molecule is N#Cc1ccc2c(c1)c1ccccc1n2-c1c(C#N)cccc1-c1cccc(-n2c3ccccc3c3cc(-n4c5ccccc5c5ccccc54)ccc32)c1. The Balaban J connectivity index is 1.13. The predicted octanol–water partition coefficient (Wildman–Crippen LogP) is 12.4. The number of para-hydroxylation sites is 5. The van der Waals surface area contributed by atoms with Gasteiger partial charge in [0, 0.05) is 49.3 Å². The monoisotopic (exact) mass is 699 g/mol. The molecule has 0 radical (unpaired) electrons. The van der Waals surface area contributed by atoms with E-state index in [9.17, 15) is 10.5 Å². The zero-order chi connectivity index (χ0) is 36.6. The molecule has 0 saturated heterocycles. The van der Waals surface area contributed by atoms with Crippen LogP contribution in [0.25, 0.3) is 93.6 Å². The highest BCUT2D eigenvalue weighted by atomic mass is 15.0. The second-order valence-electron chi connectivity index (χ2n) is 14.0. The second-order valence-corrected chi connectivity index (χ2v) is 14.0. The lowest BCUT2D eigenvalue weighted by atomic mass is 9.99. The van der Waals surface area contributed by atoms with Gasteiger partial charge in [0.25, 0.3) is 0 Å². The molecule has 0 fully saturated rings. The van der Waals surface area contributed by atoms with Crippen molar-refractivity contribution in [3.8, 4) is 40.3 Å². The molecule has 0 unspecified atom stereocenters. The number of hydrogen-bond donors (Lipinski definition) is 0. The van der Waals surface area contributed by atoms with Crippen molar-refractivity contribution in [3.05, 3.63) is 187 Å². The standard InChI is InChI=1S/C50H29N5/c51-30-32-23-25-49-42(27-32)40-16-4-8-22-47(40)55(49)50-34(31-52)12-10-18-37(50)33-11-9-13-35(28-33)53-46-21-7-3-17-41(46)43-29-36(24-26-48(43)53)54-44-19-5-1-14-38(44)39-15-2-6-20-45(39)54/h1-29H. The fourth-order valence-electron chi connectivity index (χ4n) is 8.78. The van der Waals surface area contributed by atoms with E-state index >= 15 is 0 Å². The Hall–Kier alpha value is -7.86. The van der Waals surface area contributed by atoms with Crippen molar-refractivity contribution in [1.82, 2.24) is 13.7 Å². The first-order valence-corrected chi connectivity index (χ1v) is 18.3. The Labute approximate surface area is 316 Å².